The number of hydrogen-bond acceptors (Lipinski definition) is 14. The summed E-state index contributed by atoms with van der Waals surface area (Å²) in [7, 11) is -2.87. The molecule has 6 rings (SSSR count). The molecule has 4 heterocycles. The molecule has 0 aliphatic rings. The summed E-state index contributed by atoms with van der Waals surface area (Å²) in [5.41, 5.74) is 2.87. The van der Waals surface area contributed by atoms with Gasteiger partial charge in [0.15, 0.2) is 28.2 Å². The van der Waals surface area contributed by atoms with Gasteiger partial charge in [0.2, 0.25) is 11.6 Å². The maximum atomic E-state index is 13.7. The van der Waals surface area contributed by atoms with Crippen molar-refractivity contribution in [2.75, 3.05) is 25.0 Å². The van der Waals surface area contributed by atoms with Gasteiger partial charge in [0.25, 0.3) is 15.9 Å². The summed E-state index contributed by atoms with van der Waals surface area (Å²) >= 11 is 2.21. The number of ether oxygens (including phenoxy) is 4. The number of tetrazole rings is 1. The lowest BCUT2D eigenvalue weighted by Gasteiger charge is -2.18. The van der Waals surface area contributed by atoms with Crippen molar-refractivity contribution in [2.45, 2.75) is 16.4 Å². The lowest BCUT2D eigenvalue weighted by Crippen LogP contribution is -2.18. The van der Waals surface area contributed by atoms with Crippen LogP contribution in [0.1, 0.15) is 21.5 Å². The van der Waals surface area contributed by atoms with Gasteiger partial charge in [0, 0.05) is 22.4 Å². The third-order valence-electron chi connectivity index (χ3n) is 6.97. The smallest absolute Gasteiger partial charge is 0.338 e. The predicted octanol–water partition coefficient (Wildman–Crippen LogP) is 5.19. The first kappa shape index (κ1) is 35.1. The first-order valence-corrected chi connectivity index (χ1v) is 18.1. The van der Waals surface area contributed by atoms with Gasteiger partial charge in [0.1, 0.15) is 18.9 Å². The van der Waals surface area contributed by atoms with Crippen molar-refractivity contribution in [3.63, 3.8) is 0 Å². The van der Waals surface area contributed by atoms with E-state index in [4.69, 9.17) is 18.9 Å². The number of sulfonamides is 1. The fourth-order valence-electron chi connectivity index (χ4n) is 4.52. The maximum absolute atomic E-state index is 13.7. The second-order valence-corrected chi connectivity index (χ2v) is 12.9. The molecular formula is C33H28IN9O7S. The van der Waals surface area contributed by atoms with E-state index < -0.39 is 16.0 Å². The number of pyridine rings is 2. The number of halogens is 1. The van der Waals surface area contributed by atoms with Gasteiger partial charge >= 0.3 is 5.97 Å². The molecule has 6 aromatic rings. The van der Waals surface area contributed by atoms with Crippen molar-refractivity contribution in [2.24, 2.45) is 0 Å². The van der Waals surface area contributed by atoms with Crippen LogP contribution in [-0.2, 0) is 19.2 Å². The Morgan fingerprint density at radius 2 is 1.78 bits per heavy atom. The lowest BCUT2D eigenvalue weighted by atomic mass is 10.1. The van der Waals surface area contributed by atoms with Crippen LogP contribution in [0.4, 0.5) is 5.82 Å². The fraction of sp³-hybridized carbons (Fsp3) is 0.152. The number of para-hydroxylation sites is 2. The summed E-state index contributed by atoms with van der Waals surface area (Å²) in [5, 5.41) is 13.6. The number of aromatic amines is 1. The number of carbonyl (C=O) groups is 1. The summed E-state index contributed by atoms with van der Waals surface area (Å²) in [5.74, 6) is -0.428. The Morgan fingerprint density at radius 1 is 0.941 bits per heavy atom. The molecule has 0 amide bonds. The Kier molecular flexibility index (Phi) is 10.9. The molecule has 0 saturated heterocycles. The Balaban J connectivity index is 1.41. The van der Waals surface area contributed by atoms with Crippen LogP contribution >= 0.6 is 22.6 Å². The van der Waals surface area contributed by atoms with Crippen molar-refractivity contribution in [3.8, 4) is 46.0 Å². The van der Waals surface area contributed by atoms with Crippen molar-refractivity contribution >= 4 is 44.4 Å². The number of alkyl halides is 1. The van der Waals surface area contributed by atoms with E-state index in [9.17, 15) is 13.2 Å². The summed E-state index contributed by atoms with van der Waals surface area (Å²) in [6, 6.07) is 20.0. The zero-order valence-electron chi connectivity index (χ0n) is 27.0. The van der Waals surface area contributed by atoms with Crippen LogP contribution in [-0.4, -0.2) is 75.3 Å². The van der Waals surface area contributed by atoms with Crippen molar-refractivity contribution < 1.29 is 32.2 Å². The number of benzene rings is 2. The molecule has 51 heavy (non-hydrogen) atoms. The van der Waals surface area contributed by atoms with Crippen LogP contribution in [0.25, 0.3) is 22.9 Å². The van der Waals surface area contributed by atoms with E-state index in [0.717, 1.165) is 15.6 Å². The minimum atomic E-state index is -4.33. The molecule has 260 valence electrons. The van der Waals surface area contributed by atoms with E-state index in [1.54, 1.807) is 67.6 Å². The molecule has 0 radical (unpaired) electrons. The molecule has 0 aliphatic heterocycles. The van der Waals surface area contributed by atoms with Gasteiger partial charge in [-0.25, -0.2) is 14.8 Å². The summed E-state index contributed by atoms with van der Waals surface area (Å²) < 4.78 is 53.8. The highest BCUT2D eigenvalue weighted by atomic mass is 127. The third-order valence-corrected chi connectivity index (χ3v) is 9.11. The second-order valence-electron chi connectivity index (χ2n) is 10.5. The summed E-state index contributed by atoms with van der Waals surface area (Å²) in [6.45, 7) is 1.42. The van der Waals surface area contributed by atoms with Gasteiger partial charge in [-0.2, -0.15) is 18.6 Å². The minimum Gasteiger partial charge on any atom is -0.493 e. The van der Waals surface area contributed by atoms with Gasteiger partial charge in [-0.3, -0.25) is 9.71 Å². The standard InChI is InChI=1S/C33H28IN9O7S/c1-20-10-11-27(36-19-20)51(45,46)41-31-28(50-26-9-4-3-8-25(26)47-2)32(48-14-15-49-33(44)23-7-5-6-21(16-23)18-34)38-29(37-31)22-12-13-35-24(17-22)30-39-42-43-40-30/h3-13,16-17,19H,14-15,18H2,1-2H3,(H,37,38,41)(H,39,40,42,43). The largest absolute Gasteiger partial charge is 0.493 e. The molecule has 0 saturated carbocycles. The highest BCUT2D eigenvalue weighted by Gasteiger charge is 2.26. The number of nitrogens with zero attached hydrogens (tertiary/aromatic N) is 7. The first-order chi connectivity index (χ1) is 24.7. The van der Waals surface area contributed by atoms with Gasteiger partial charge in [-0.05, 0) is 65.7 Å². The van der Waals surface area contributed by atoms with Crippen molar-refractivity contribution in [1.82, 2.24) is 40.6 Å². The van der Waals surface area contributed by atoms with E-state index in [0.29, 0.717) is 22.6 Å². The van der Waals surface area contributed by atoms with E-state index >= 15 is 0 Å². The van der Waals surface area contributed by atoms with E-state index in [1.807, 2.05) is 6.07 Å². The summed E-state index contributed by atoms with van der Waals surface area (Å²) in [4.78, 5) is 30.3. The van der Waals surface area contributed by atoms with E-state index in [-0.39, 0.29) is 53.1 Å². The SMILES string of the molecule is COc1ccccc1Oc1c(NS(=O)(=O)c2ccc(C)cn2)nc(-c2ccnc(-c3nn[nH]n3)c2)nc1OCCOC(=O)c1cccc(CI)c1. The Bertz CT molecular complexity index is 2260. The lowest BCUT2D eigenvalue weighted by molar-refractivity contribution is 0.0446. The number of esters is 1. The number of H-pyrrole nitrogens is 1. The molecule has 2 N–H and O–H groups in total. The van der Waals surface area contributed by atoms with Crippen LogP contribution in [0.5, 0.6) is 23.1 Å². The monoisotopic (exact) mass is 821 g/mol. The number of hydrogen-bond donors (Lipinski definition) is 2. The quantitative estimate of drug-likeness (QED) is 0.0628. The molecule has 0 unspecified atom stereocenters. The number of methoxy groups -OCH3 is 1. The highest BCUT2D eigenvalue weighted by molar-refractivity contribution is 14.1. The Morgan fingerprint density at radius 3 is 2.53 bits per heavy atom. The molecule has 0 spiro atoms. The third kappa shape index (κ3) is 8.52. The minimum absolute atomic E-state index is 0.0201. The number of nitrogens with one attached hydrogen (secondary N) is 2. The van der Waals surface area contributed by atoms with Crippen molar-refractivity contribution in [1.29, 1.82) is 0 Å². The molecule has 0 aliphatic carbocycles. The molecular weight excluding hydrogens is 793 g/mol. The molecule has 16 nitrogen and oxygen atoms in total. The number of carbonyl (C=O) groups excluding carboxylic acids is 1. The Hall–Kier alpha value is -5.76. The number of anilines is 1. The highest BCUT2D eigenvalue weighted by Crippen LogP contribution is 2.41. The number of aryl methyl sites for hydroxylation is 1. The van der Waals surface area contributed by atoms with Gasteiger partial charge in [-0.15, -0.1) is 10.2 Å². The molecule has 18 heteroatoms. The average Bonchev–Trinajstić information content (AvgIpc) is 3.70. The molecule has 0 bridgehead atoms. The van der Waals surface area contributed by atoms with Gasteiger partial charge in [-0.1, -0.05) is 52.9 Å². The van der Waals surface area contributed by atoms with Crippen LogP contribution in [0, 0.1) is 6.92 Å². The molecule has 4 aromatic heterocycles. The van der Waals surface area contributed by atoms with Crippen LogP contribution in [0.3, 0.4) is 0 Å². The topological polar surface area (TPSA) is 206 Å². The van der Waals surface area contributed by atoms with E-state index in [1.165, 1.54) is 25.6 Å². The first-order valence-electron chi connectivity index (χ1n) is 15.1. The fourth-order valence-corrected chi connectivity index (χ4v) is 5.93. The van der Waals surface area contributed by atoms with Crippen LogP contribution in [0.15, 0.2) is 90.2 Å². The molecule has 0 fully saturated rings. The predicted molar refractivity (Wildman–Crippen MR) is 191 cm³/mol. The van der Waals surface area contributed by atoms with Crippen molar-refractivity contribution in [3.05, 3.63) is 102 Å². The molecule has 0 atom stereocenters. The zero-order chi connectivity index (χ0) is 35.8. The van der Waals surface area contributed by atoms with Crippen LogP contribution in [0.2, 0.25) is 0 Å². The second kappa shape index (κ2) is 15.9. The average molecular weight is 822 g/mol. The maximum Gasteiger partial charge on any atom is 0.338 e. The van der Waals surface area contributed by atoms with Gasteiger partial charge < -0.3 is 18.9 Å². The Labute approximate surface area is 305 Å². The van der Waals surface area contributed by atoms with Gasteiger partial charge in [0.05, 0.1) is 12.7 Å². The normalized spacial score (nSPS) is 11.1. The molecule has 2 aromatic carbocycles. The number of rotatable bonds is 14. The number of aromatic nitrogens is 8. The van der Waals surface area contributed by atoms with Crippen LogP contribution < -0.4 is 18.9 Å². The summed E-state index contributed by atoms with van der Waals surface area (Å²) in [6.07, 6.45) is 2.91. The van der Waals surface area contributed by atoms with E-state index in [2.05, 4.69) is 67.9 Å². The zero-order valence-corrected chi connectivity index (χ0v) is 30.0.